The van der Waals surface area contributed by atoms with E-state index in [1.165, 1.54) is 16.8 Å². The minimum Gasteiger partial charge on any atom is -0.449 e. The molecule has 0 spiro atoms. The standard InChI is InChI=1S/C10H13NO/c1-4-11-9-6(2)5-8-10(12-8)7(9)3/h5,11H,4H2,1-3H3. The Balaban J connectivity index is 2.46. The van der Waals surface area contributed by atoms with E-state index in [2.05, 4.69) is 32.2 Å². The van der Waals surface area contributed by atoms with Gasteiger partial charge in [0.2, 0.25) is 0 Å². The zero-order valence-corrected chi connectivity index (χ0v) is 7.69. The van der Waals surface area contributed by atoms with Crippen molar-refractivity contribution in [3.8, 4) is 11.5 Å². The lowest BCUT2D eigenvalue weighted by molar-refractivity contribution is 0.646. The van der Waals surface area contributed by atoms with Crippen molar-refractivity contribution >= 4 is 5.69 Å². The number of fused-ring (bicyclic) bond motifs is 1. The molecule has 0 radical (unpaired) electrons. The summed E-state index contributed by atoms with van der Waals surface area (Å²) in [6.45, 7) is 7.26. The molecule has 0 fully saturated rings. The highest BCUT2D eigenvalue weighted by Gasteiger charge is 2.25. The van der Waals surface area contributed by atoms with Crippen molar-refractivity contribution in [2.24, 2.45) is 0 Å². The normalized spacial score (nSPS) is 11.9. The Hall–Kier alpha value is -1.18. The summed E-state index contributed by atoms with van der Waals surface area (Å²) in [6.07, 6.45) is 0. The van der Waals surface area contributed by atoms with E-state index in [1.54, 1.807) is 0 Å². The lowest BCUT2D eigenvalue weighted by atomic mass is 10.1. The number of hydrogen-bond acceptors (Lipinski definition) is 2. The molecule has 1 aromatic rings. The molecule has 0 aliphatic carbocycles. The molecule has 0 bridgehead atoms. The zero-order chi connectivity index (χ0) is 8.72. The lowest BCUT2D eigenvalue weighted by Gasteiger charge is -2.07. The van der Waals surface area contributed by atoms with Gasteiger partial charge in [-0.1, -0.05) is 0 Å². The third kappa shape index (κ3) is 0.951. The number of ether oxygens (including phenoxy) is 1. The molecular formula is C10H13NO. The fraction of sp³-hybridized carbons (Fsp3) is 0.400. The summed E-state index contributed by atoms with van der Waals surface area (Å²) in [4.78, 5) is 0. The zero-order valence-electron chi connectivity index (χ0n) is 7.69. The molecule has 1 heterocycles. The molecule has 2 nitrogen and oxygen atoms in total. The van der Waals surface area contributed by atoms with Gasteiger partial charge >= 0.3 is 0 Å². The Morgan fingerprint density at radius 2 is 2.17 bits per heavy atom. The van der Waals surface area contributed by atoms with Crippen LogP contribution in [-0.2, 0) is 0 Å². The van der Waals surface area contributed by atoms with E-state index >= 15 is 0 Å². The first-order valence-electron chi connectivity index (χ1n) is 4.30. The molecule has 1 aromatic carbocycles. The van der Waals surface area contributed by atoms with Crippen molar-refractivity contribution in [2.45, 2.75) is 20.8 Å². The van der Waals surface area contributed by atoms with Crippen LogP contribution < -0.4 is 10.1 Å². The second kappa shape index (κ2) is 2.41. The van der Waals surface area contributed by atoms with E-state index in [1.807, 2.05) is 0 Å². The Labute approximate surface area is 72.5 Å². The molecule has 0 amide bonds. The van der Waals surface area contributed by atoms with E-state index < -0.39 is 0 Å². The average molecular weight is 163 g/mol. The Morgan fingerprint density at radius 3 is 2.83 bits per heavy atom. The Kier molecular flexibility index (Phi) is 1.50. The quantitative estimate of drug-likeness (QED) is 0.688. The molecule has 12 heavy (non-hydrogen) atoms. The summed E-state index contributed by atoms with van der Waals surface area (Å²) in [5.74, 6) is 2.11. The van der Waals surface area contributed by atoms with E-state index in [-0.39, 0.29) is 0 Å². The number of hydrogen-bond donors (Lipinski definition) is 1. The molecule has 0 unspecified atom stereocenters. The van der Waals surface area contributed by atoms with Gasteiger partial charge < -0.3 is 10.1 Å². The molecule has 0 saturated heterocycles. The van der Waals surface area contributed by atoms with Gasteiger partial charge in [-0.25, -0.2) is 0 Å². The predicted octanol–water partition coefficient (Wildman–Crippen LogP) is 2.84. The predicted molar refractivity (Wildman–Crippen MR) is 50.2 cm³/mol. The number of benzene rings is 1. The molecule has 0 aromatic heterocycles. The van der Waals surface area contributed by atoms with Crippen LogP contribution in [-0.4, -0.2) is 6.54 Å². The van der Waals surface area contributed by atoms with Crippen LogP contribution in [0.3, 0.4) is 0 Å². The second-order valence-electron chi connectivity index (χ2n) is 3.15. The summed E-state index contributed by atoms with van der Waals surface area (Å²) < 4.78 is 5.30. The van der Waals surface area contributed by atoms with Crippen LogP contribution in [0.25, 0.3) is 0 Å². The minimum atomic E-state index is 0.959. The molecule has 0 saturated carbocycles. The van der Waals surface area contributed by atoms with Crippen LogP contribution in [0.15, 0.2) is 6.07 Å². The van der Waals surface area contributed by atoms with Crippen molar-refractivity contribution in [3.63, 3.8) is 0 Å². The summed E-state index contributed by atoms with van der Waals surface area (Å²) in [7, 11) is 0. The van der Waals surface area contributed by atoms with Gasteiger partial charge in [0.1, 0.15) is 0 Å². The van der Waals surface area contributed by atoms with Gasteiger partial charge in [-0.3, -0.25) is 0 Å². The van der Waals surface area contributed by atoms with Crippen LogP contribution in [0, 0.1) is 13.8 Å². The molecular weight excluding hydrogens is 150 g/mol. The maximum absolute atomic E-state index is 5.30. The maximum Gasteiger partial charge on any atom is 0.175 e. The maximum atomic E-state index is 5.30. The monoisotopic (exact) mass is 163 g/mol. The summed E-state index contributed by atoms with van der Waals surface area (Å²) in [6, 6.07) is 2.08. The van der Waals surface area contributed by atoms with Crippen molar-refractivity contribution in [3.05, 3.63) is 17.2 Å². The van der Waals surface area contributed by atoms with Crippen molar-refractivity contribution in [1.82, 2.24) is 0 Å². The molecule has 2 rings (SSSR count). The third-order valence-electron chi connectivity index (χ3n) is 2.21. The highest BCUT2D eigenvalue weighted by atomic mass is 16.6. The fourth-order valence-electron chi connectivity index (χ4n) is 1.57. The van der Waals surface area contributed by atoms with Gasteiger partial charge in [-0.05, 0) is 32.4 Å². The van der Waals surface area contributed by atoms with Gasteiger partial charge in [-0.2, -0.15) is 0 Å². The SMILES string of the molecule is CCNc1c(C)cc2c(c1C)O2. The summed E-state index contributed by atoms with van der Waals surface area (Å²) in [5.41, 5.74) is 3.74. The molecule has 64 valence electrons. The largest absolute Gasteiger partial charge is 0.449 e. The number of rotatable bonds is 2. The first-order chi connectivity index (χ1) is 5.74. The lowest BCUT2D eigenvalue weighted by Crippen LogP contribution is -1.99. The summed E-state index contributed by atoms with van der Waals surface area (Å²) in [5, 5.41) is 3.34. The fourth-order valence-corrected chi connectivity index (χ4v) is 1.57. The molecule has 0 atom stereocenters. The van der Waals surface area contributed by atoms with Gasteiger partial charge in [0.25, 0.3) is 0 Å². The van der Waals surface area contributed by atoms with Crippen LogP contribution in [0.4, 0.5) is 5.69 Å². The first-order valence-corrected chi connectivity index (χ1v) is 4.30. The van der Waals surface area contributed by atoms with E-state index in [4.69, 9.17) is 4.74 Å². The van der Waals surface area contributed by atoms with Gasteiger partial charge in [-0.15, -0.1) is 0 Å². The van der Waals surface area contributed by atoms with Gasteiger partial charge in [0.15, 0.2) is 11.5 Å². The third-order valence-corrected chi connectivity index (χ3v) is 2.21. The van der Waals surface area contributed by atoms with Gasteiger partial charge in [0, 0.05) is 17.8 Å². The molecule has 1 aliphatic heterocycles. The van der Waals surface area contributed by atoms with Crippen LogP contribution in [0.2, 0.25) is 0 Å². The van der Waals surface area contributed by atoms with E-state index in [0.29, 0.717) is 0 Å². The highest BCUT2D eigenvalue weighted by Crippen LogP contribution is 2.51. The smallest absolute Gasteiger partial charge is 0.175 e. The van der Waals surface area contributed by atoms with Crippen molar-refractivity contribution in [1.29, 1.82) is 0 Å². The van der Waals surface area contributed by atoms with Crippen molar-refractivity contribution < 1.29 is 4.74 Å². The number of aryl methyl sites for hydroxylation is 1. The highest BCUT2D eigenvalue weighted by molar-refractivity contribution is 5.72. The minimum absolute atomic E-state index is 0.959. The number of anilines is 1. The number of nitrogens with one attached hydrogen (secondary N) is 1. The Morgan fingerprint density at radius 1 is 1.42 bits per heavy atom. The summed E-state index contributed by atoms with van der Waals surface area (Å²) >= 11 is 0. The van der Waals surface area contributed by atoms with Crippen LogP contribution >= 0.6 is 0 Å². The second-order valence-corrected chi connectivity index (χ2v) is 3.15. The molecule has 1 aliphatic rings. The van der Waals surface area contributed by atoms with Gasteiger partial charge in [0.05, 0.1) is 0 Å². The van der Waals surface area contributed by atoms with Crippen LogP contribution in [0.5, 0.6) is 11.5 Å². The van der Waals surface area contributed by atoms with Crippen molar-refractivity contribution in [2.75, 3.05) is 11.9 Å². The first kappa shape index (κ1) is 7.47. The average Bonchev–Trinajstić information content (AvgIpc) is 2.76. The van der Waals surface area contributed by atoms with Crippen LogP contribution in [0.1, 0.15) is 18.1 Å². The van der Waals surface area contributed by atoms with E-state index in [9.17, 15) is 0 Å². The molecule has 2 heteroatoms. The topological polar surface area (TPSA) is 24.6 Å². The molecule has 1 N–H and O–H groups in total. The van der Waals surface area contributed by atoms with E-state index in [0.717, 1.165) is 18.0 Å². The Bertz CT molecular complexity index is 331.